The number of fused-ring (bicyclic) bond motifs is 4. The van der Waals surface area contributed by atoms with Gasteiger partial charge in [0.05, 0.1) is 11.8 Å². The minimum Gasteiger partial charge on any atom is -0.743 e. The van der Waals surface area contributed by atoms with Crippen LogP contribution in [0.2, 0.25) is 0 Å². The summed E-state index contributed by atoms with van der Waals surface area (Å²) in [7, 11) is -6.91. The molecule has 2 aromatic rings. The summed E-state index contributed by atoms with van der Waals surface area (Å²) in [5, 5.41) is -6.05. The number of alkyl halides is 5. The fraction of sp³-hybridized carbons (Fsp3) is 0.423. The maximum atomic E-state index is 14.0. The lowest BCUT2D eigenvalue weighted by Gasteiger charge is -2.34. The molecule has 41 heavy (non-hydrogen) atoms. The van der Waals surface area contributed by atoms with Gasteiger partial charge in [0.2, 0.25) is 0 Å². The first-order chi connectivity index (χ1) is 19.1. The average Bonchev–Trinajstić information content (AvgIpc) is 3.59. The van der Waals surface area contributed by atoms with Crippen LogP contribution in [0.5, 0.6) is 0 Å². The average molecular weight is 601 g/mol. The molecule has 3 fully saturated rings. The number of hydrogen-bond acceptors (Lipinski definition) is 9. The Labute approximate surface area is 228 Å². The molecule has 7 atom stereocenters. The monoisotopic (exact) mass is 601 g/mol. The van der Waals surface area contributed by atoms with Crippen molar-refractivity contribution in [2.45, 2.75) is 42.1 Å². The number of benzene rings is 2. The summed E-state index contributed by atoms with van der Waals surface area (Å²) in [5.74, 6) is -9.85. The Balaban J connectivity index is 1.29. The molecule has 15 heteroatoms. The Kier molecular flexibility index (Phi) is 6.02. The molecule has 7 unspecified atom stereocenters. The van der Waals surface area contributed by atoms with E-state index in [1.54, 1.807) is 36.4 Å². The molecule has 3 aliphatic carbocycles. The van der Waals surface area contributed by atoms with Crippen LogP contribution < -0.4 is 0 Å². The topological polar surface area (TPSA) is 136 Å². The van der Waals surface area contributed by atoms with Gasteiger partial charge in [-0.15, -0.1) is 0 Å². The third kappa shape index (κ3) is 4.03. The van der Waals surface area contributed by atoms with E-state index < -0.39 is 87.4 Å². The van der Waals surface area contributed by atoms with Crippen molar-refractivity contribution in [1.82, 2.24) is 0 Å². The number of rotatable bonds is 6. The zero-order chi connectivity index (χ0) is 29.6. The van der Waals surface area contributed by atoms with Crippen LogP contribution in [0.1, 0.15) is 23.5 Å². The predicted octanol–water partition coefficient (Wildman–Crippen LogP) is 3.13. The molecule has 9 nitrogen and oxygen atoms in total. The summed E-state index contributed by atoms with van der Waals surface area (Å²) >= 11 is 0. The molecule has 0 aromatic heterocycles. The number of hydrogen-bond donors (Lipinski definition) is 0. The fourth-order valence-corrected chi connectivity index (χ4v) is 7.18. The Morgan fingerprint density at radius 2 is 1.49 bits per heavy atom. The summed E-state index contributed by atoms with van der Waals surface area (Å²) in [5.41, 5.74) is 2.79. The lowest BCUT2D eigenvalue weighted by Crippen LogP contribution is -2.54. The predicted molar refractivity (Wildman–Crippen MR) is 123 cm³/mol. The van der Waals surface area contributed by atoms with Gasteiger partial charge >= 0.3 is 29.3 Å². The maximum absolute atomic E-state index is 14.0. The fourth-order valence-electron chi connectivity index (χ4n) is 6.73. The molecule has 0 radical (unpaired) electrons. The molecule has 2 aromatic carbocycles. The van der Waals surface area contributed by atoms with E-state index in [2.05, 4.69) is 4.74 Å². The van der Waals surface area contributed by atoms with Gasteiger partial charge in [-0.2, -0.15) is 22.0 Å². The number of carbonyl (C=O) groups excluding carboxylic acids is 3. The van der Waals surface area contributed by atoms with Crippen LogP contribution in [-0.2, 0) is 38.7 Å². The number of esters is 3. The largest absolute Gasteiger partial charge is 0.743 e. The molecular formula is C26H18F5O9S-. The van der Waals surface area contributed by atoms with Gasteiger partial charge < -0.3 is 18.8 Å². The van der Waals surface area contributed by atoms with Gasteiger partial charge in [0.1, 0.15) is 18.1 Å². The molecule has 0 N–H and O–H groups in total. The quantitative estimate of drug-likeness (QED) is 0.212. The SMILES string of the molecule is O=C(OC1C2CC3C1OC(=O)C3C2C(=O)OC(C(F)(F)F)C(F)(F)S(=O)(=O)[O-])C1c2ccccc2-c2ccccc21. The van der Waals surface area contributed by atoms with E-state index in [1.165, 1.54) is 0 Å². The highest BCUT2D eigenvalue weighted by Gasteiger charge is 2.71. The standard InChI is InChI=1S/C26H19F5O9S/c27-25(28,29)24(26(30,31)41(35,36)37)40-23(34)18-15-9-14-17(18)22(33)39-20(14)19(15)38-21(32)16-12-7-3-1-5-10(12)11-6-2-4-8-13(11)16/h1-8,14-20,24H,9H2,(H,35,36,37)/p-1. The zero-order valence-electron chi connectivity index (χ0n) is 20.4. The van der Waals surface area contributed by atoms with Crippen molar-refractivity contribution in [3.63, 3.8) is 0 Å². The molecule has 0 amide bonds. The van der Waals surface area contributed by atoms with E-state index in [0.717, 1.165) is 11.1 Å². The van der Waals surface area contributed by atoms with Crippen molar-refractivity contribution in [2.24, 2.45) is 23.7 Å². The van der Waals surface area contributed by atoms with Gasteiger partial charge in [0.25, 0.3) is 6.10 Å². The molecule has 2 saturated carbocycles. The second kappa shape index (κ2) is 8.95. The number of carbonyl (C=O) groups is 3. The van der Waals surface area contributed by atoms with Gasteiger partial charge in [-0.25, -0.2) is 8.42 Å². The van der Waals surface area contributed by atoms with Crippen molar-refractivity contribution >= 4 is 28.0 Å². The molecule has 6 rings (SSSR count). The van der Waals surface area contributed by atoms with Gasteiger partial charge in [-0.3, -0.25) is 14.4 Å². The Morgan fingerprint density at radius 1 is 0.927 bits per heavy atom. The van der Waals surface area contributed by atoms with E-state index in [-0.39, 0.29) is 6.42 Å². The van der Waals surface area contributed by atoms with Crippen LogP contribution in [0.4, 0.5) is 22.0 Å². The van der Waals surface area contributed by atoms with Crippen LogP contribution in [0.15, 0.2) is 48.5 Å². The van der Waals surface area contributed by atoms with Crippen LogP contribution >= 0.6 is 0 Å². The Morgan fingerprint density at radius 3 is 2.02 bits per heavy atom. The first-order valence-electron chi connectivity index (χ1n) is 12.3. The van der Waals surface area contributed by atoms with Crippen LogP contribution in [0.3, 0.4) is 0 Å². The molecule has 0 spiro atoms. The van der Waals surface area contributed by atoms with E-state index >= 15 is 0 Å². The molecule has 1 heterocycles. The van der Waals surface area contributed by atoms with Crippen molar-refractivity contribution < 1.29 is 63.5 Å². The van der Waals surface area contributed by atoms with E-state index in [0.29, 0.717) is 11.1 Å². The van der Waals surface area contributed by atoms with Gasteiger partial charge in [0.15, 0.2) is 10.1 Å². The minimum absolute atomic E-state index is 0.0381. The maximum Gasteiger partial charge on any atom is 0.432 e. The first kappa shape index (κ1) is 27.6. The van der Waals surface area contributed by atoms with Gasteiger partial charge in [-0.1, -0.05) is 48.5 Å². The van der Waals surface area contributed by atoms with Crippen LogP contribution in [0.25, 0.3) is 11.1 Å². The van der Waals surface area contributed by atoms with Crippen molar-refractivity contribution in [2.75, 3.05) is 0 Å². The Bertz CT molecular complexity index is 1530. The third-order valence-corrected chi connectivity index (χ3v) is 9.19. The lowest BCUT2D eigenvalue weighted by molar-refractivity contribution is -0.262. The zero-order valence-corrected chi connectivity index (χ0v) is 21.2. The summed E-state index contributed by atoms with van der Waals surface area (Å²) in [6.45, 7) is 0. The van der Waals surface area contributed by atoms with Gasteiger partial charge in [0, 0.05) is 11.8 Å². The van der Waals surface area contributed by atoms with Crippen molar-refractivity contribution in [3.05, 3.63) is 59.7 Å². The third-order valence-electron chi connectivity index (χ3n) is 8.31. The highest BCUT2D eigenvalue weighted by atomic mass is 32.2. The molecule has 4 aliphatic rings. The highest BCUT2D eigenvalue weighted by molar-refractivity contribution is 7.86. The van der Waals surface area contributed by atoms with Crippen molar-refractivity contribution in [1.29, 1.82) is 0 Å². The second-order valence-electron chi connectivity index (χ2n) is 10.4. The summed E-state index contributed by atoms with van der Waals surface area (Å²) in [6.07, 6.45) is -13.2. The highest BCUT2D eigenvalue weighted by Crippen LogP contribution is 2.60. The molecular weight excluding hydrogens is 583 g/mol. The van der Waals surface area contributed by atoms with Crippen LogP contribution in [0, 0.1) is 23.7 Å². The second-order valence-corrected chi connectivity index (χ2v) is 11.9. The Hall–Kier alpha value is -3.59. The van der Waals surface area contributed by atoms with E-state index in [4.69, 9.17) is 9.47 Å². The summed E-state index contributed by atoms with van der Waals surface area (Å²) in [6, 6.07) is 14.0. The van der Waals surface area contributed by atoms with E-state index in [1.807, 2.05) is 12.1 Å². The van der Waals surface area contributed by atoms with E-state index in [9.17, 15) is 49.3 Å². The minimum atomic E-state index is -6.91. The molecule has 2 bridgehead atoms. The number of halogens is 5. The molecule has 1 saturated heterocycles. The normalized spacial score (nSPS) is 29.1. The van der Waals surface area contributed by atoms with Crippen molar-refractivity contribution in [3.8, 4) is 11.1 Å². The lowest BCUT2D eigenvalue weighted by atomic mass is 9.78. The number of ether oxygens (including phenoxy) is 3. The smallest absolute Gasteiger partial charge is 0.432 e. The molecule has 218 valence electrons. The van der Waals surface area contributed by atoms with Crippen LogP contribution in [-0.4, -0.2) is 60.6 Å². The first-order valence-corrected chi connectivity index (χ1v) is 13.7. The summed E-state index contributed by atoms with van der Waals surface area (Å²) in [4.78, 5) is 39.0. The molecule has 1 aliphatic heterocycles. The van der Waals surface area contributed by atoms with Gasteiger partial charge in [-0.05, 0) is 28.7 Å². The summed E-state index contributed by atoms with van der Waals surface area (Å²) < 4.78 is 116.